The second-order valence-electron chi connectivity index (χ2n) is 6.81. The fourth-order valence-corrected chi connectivity index (χ4v) is 2.19. The van der Waals surface area contributed by atoms with E-state index in [1.807, 2.05) is 39.8 Å². The van der Waals surface area contributed by atoms with Crippen molar-refractivity contribution in [2.24, 2.45) is 0 Å². The Hall–Kier alpha value is -2.17. The van der Waals surface area contributed by atoms with Crippen LogP contribution in [0.5, 0.6) is 0 Å². The average Bonchev–Trinajstić information content (AvgIpc) is 2.72. The molecular weight excluding hydrogens is 305 g/mol. The van der Waals surface area contributed by atoms with E-state index < -0.39 is 18.3 Å². The van der Waals surface area contributed by atoms with Crippen LogP contribution >= 0.6 is 0 Å². The highest BCUT2D eigenvalue weighted by molar-refractivity contribution is 6.56. The van der Waals surface area contributed by atoms with E-state index in [1.165, 1.54) is 6.92 Å². The second-order valence-corrected chi connectivity index (χ2v) is 6.81. The summed E-state index contributed by atoms with van der Waals surface area (Å²) in [4.78, 5) is 15.3. The normalized spacial score (nSPS) is 19.0. The summed E-state index contributed by atoms with van der Waals surface area (Å²) in [6, 6.07) is 5.43. The topological polar surface area (TPSA) is 84.2 Å². The van der Waals surface area contributed by atoms with Gasteiger partial charge in [0, 0.05) is 19.7 Å². The van der Waals surface area contributed by atoms with E-state index in [9.17, 15) is 4.79 Å². The van der Waals surface area contributed by atoms with Crippen molar-refractivity contribution < 1.29 is 14.1 Å². The highest BCUT2D eigenvalue weighted by Gasteiger charge is 2.52. The van der Waals surface area contributed by atoms with Gasteiger partial charge in [0.25, 0.3) is 0 Å². The van der Waals surface area contributed by atoms with Crippen LogP contribution in [0.2, 0.25) is 0 Å². The summed E-state index contributed by atoms with van der Waals surface area (Å²) in [5.41, 5.74) is 1.02. The van der Waals surface area contributed by atoms with Crippen molar-refractivity contribution in [3.05, 3.63) is 35.1 Å². The zero-order chi connectivity index (χ0) is 18.0. The number of carbonyl (C=O) groups is 1. The van der Waals surface area contributed by atoms with Gasteiger partial charge < -0.3 is 14.6 Å². The Balaban J connectivity index is 2.29. The SMILES string of the molecule is CC(=O)NCC(=Cc1ccc(C#N)nc1)B1OC(C)(C)C(C)(C)O1. The maximum absolute atomic E-state index is 11.3. The standard InChI is InChI=1S/C17H22BN3O3/c1-12(22)20-11-14(8-13-6-7-15(9-19)21-10-13)18-23-16(2,3)17(4,5)24-18/h6-8,10H,11H2,1-5H3,(H,20,22). The van der Waals surface area contributed by atoms with Crippen LogP contribution in [0.15, 0.2) is 23.8 Å². The predicted molar refractivity (Wildman–Crippen MR) is 91.7 cm³/mol. The Morgan fingerprint density at radius 1 is 1.33 bits per heavy atom. The Labute approximate surface area is 143 Å². The van der Waals surface area contributed by atoms with Crippen molar-refractivity contribution >= 4 is 19.1 Å². The highest BCUT2D eigenvalue weighted by atomic mass is 16.7. The molecule has 1 N–H and O–H groups in total. The predicted octanol–water partition coefficient (Wildman–Crippen LogP) is 2.10. The zero-order valence-corrected chi connectivity index (χ0v) is 14.7. The minimum atomic E-state index is -0.558. The molecule has 0 aromatic carbocycles. The summed E-state index contributed by atoms with van der Waals surface area (Å²) in [6.07, 6.45) is 3.48. The third kappa shape index (κ3) is 4.02. The molecule has 0 spiro atoms. The molecule has 2 rings (SSSR count). The lowest BCUT2D eigenvalue weighted by molar-refractivity contribution is -0.118. The van der Waals surface area contributed by atoms with Crippen molar-refractivity contribution in [3.63, 3.8) is 0 Å². The number of aromatic nitrogens is 1. The van der Waals surface area contributed by atoms with Crippen molar-refractivity contribution in [3.8, 4) is 6.07 Å². The van der Waals surface area contributed by atoms with Gasteiger partial charge in [-0.05, 0) is 44.8 Å². The Morgan fingerprint density at radius 3 is 2.42 bits per heavy atom. The number of rotatable bonds is 4. The van der Waals surface area contributed by atoms with E-state index in [2.05, 4.69) is 10.3 Å². The van der Waals surface area contributed by atoms with Gasteiger partial charge in [0.2, 0.25) is 5.91 Å². The van der Waals surface area contributed by atoms with Gasteiger partial charge in [-0.3, -0.25) is 4.79 Å². The first kappa shape index (κ1) is 18.2. The molecule has 1 saturated heterocycles. The Bertz CT molecular complexity index is 674. The summed E-state index contributed by atoms with van der Waals surface area (Å²) in [5.74, 6) is -0.129. The Morgan fingerprint density at radius 2 is 1.96 bits per heavy atom. The minimum Gasteiger partial charge on any atom is -0.400 e. The van der Waals surface area contributed by atoms with Crippen LogP contribution < -0.4 is 5.32 Å². The molecule has 126 valence electrons. The third-order valence-electron chi connectivity index (χ3n) is 4.35. The molecular formula is C17H22BN3O3. The molecule has 2 heterocycles. The molecule has 1 fully saturated rings. The van der Waals surface area contributed by atoms with Crippen LogP contribution in [0.25, 0.3) is 6.08 Å². The summed E-state index contributed by atoms with van der Waals surface area (Å²) in [5, 5.41) is 11.6. The fraction of sp³-hybridized carbons (Fsp3) is 0.471. The molecule has 0 saturated carbocycles. The van der Waals surface area contributed by atoms with Crippen LogP contribution in [-0.4, -0.2) is 35.8 Å². The van der Waals surface area contributed by atoms with Crippen LogP contribution in [0.1, 0.15) is 45.9 Å². The van der Waals surface area contributed by atoms with E-state index in [0.29, 0.717) is 12.2 Å². The molecule has 24 heavy (non-hydrogen) atoms. The van der Waals surface area contributed by atoms with E-state index in [4.69, 9.17) is 14.6 Å². The molecule has 1 aromatic heterocycles. The number of carbonyl (C=O) groups excluding carboxylic acids is 1. The largest absolute Gasteiger partial charge is 0.492 e. The molecule has 0 unspecified atom stereocenters. The van der Waals surface area contributed by atoms with Gasteiger partial charge in [-0.25, -0.2) is 4.98 Å². The quantitative estimate of drug-likeness (QED) is 0.856. The fourth-order valence-electron chi connectivity index (χ4n) is 2.19. The number of nitrogens with one attached hydrogen (secondary N) is 1. The van der Waals surface area contributed by atoms with Gasteiger partial charge >= 0.3 is 7.12 Å². The van der Waals surface area contributed by atoms with Gasteiger partial charge in [0.1, 0.15) is 11.8 Å². The third-order valence-corrected chi connectivity index (χ3v) is 4.35. The minimum absolute atomic E-state index is 0.129. The molecule has 1 aromatic rings. The second kappa shape index (κ2) is 6.75. The molecule has 0 aliphatic carbocycles. The lowest BCUT2D eigenvalue weighted by atomic mass is 9.77. The molecule has 0 radical (unpaired) electrons. The Kier molecular flexibility index (Phi) is 5.12. The lowest BCUT2D eigenvalue weighted by Gasteiger charge is -2.32. The number of pyridine rings is 1. The average molecular weight is 327 g/mol. The van der Waals surface area contributed by atoms with Crippen LogP contribution in [-0.2, 0) is 14.1 Å². The molecule has 6 nitrogen and oxygen atoms in total. The molecule has 7 heteroatoms. The van der Waals surface area contributed by atoms with Crippen molar-refractivity contribution in [2.75, 3.05) is 6.54 Å². The zero-order valence-electron chi connectivity index (χ0n) is 14.7. The smallest absolute Gasteiger partial charge is 0.400 e. The summed E-state index contributed by atoms with van der Waals surface area (Å²) < 4.78 is 12.1. The van der Waals surface area contributed by atoms with Crippen molar-refractivity contribution in [1.82, 2.24) is 10.3 Å². The van der Waals surface area contributed by atoms with E-state index >= 15 is 0 Å². The van der Waals surface area contributed by atoms with Gasteiger partial charge in [-0.1, -0.05) is 12.1 Å². The maximum Gasteiger partial charge on any atom is 0.492 e. The molecule has 0 atom stereocenters. The van der Waals surface area contributed by atoms with Crippen molar-refractivity contribution in [1.29, 1.82) is 5.26 Å². The number of hydrogen-bond donors (Lipinski definition) is 1. The van der Waals surface area contributed by atoms with Crippen LogP contribution in [0.4, 0.5) is 0 Å². The first-order valence-corrected chi connectivity index (χ1v) is 7.81. The van der Waals surface area contributed by atoms with E-state index in [1.54, 1.807) is 18.3 Å². The first-order chi connectivity index (χ1) is 11.1. The van der Waals surface area contributed by atoms with E-state index in [-0.39, 0.29) is 5.91 Å². The molecule has 1 aliphatic rings. The number of amides is 1. The molecule has 0 bridgehead atoms. The monoisotopic (exact) mass is 327 g/mol. The summed E-state index contributed by atoms with van der Waals surface area (Å²) in [6.45, 7) is 9.69. The number of hydrogen-bond acceptors (Lipinski definition) is 5. The van der Waals surface area contributed by atoms with Gasteiger partial charge in [0.05, 0.1) is 11.2 Å². The molecule has 1 aliphatic heterocycles. The number of nitriles is 1. The molecule has 1 amide bonds. The lowest BCUT2D eigenvalue weighted by Crippen LogP contribution is -2.41. The first-order valence-electron chi connectivity index (χ1n) is 7.81. The summed E-state index contributed by atoms with van der Waals surface area (Å²) in [7, 11) is -0.558. The van der Waals surface area contributed by atoms with Crippen LogP contribution in [0.3, 0.4) is 0 Å². The van der Waals surface area contributed by atoms with Gasteiger partial charge in [-0.2, -0.15) is 5.26 Å². The summed E-state index contributed by atoms with van der Waals surface area (Å²) >= 11 is 0. The van der Waals surface area contributed by atoms with Crippen molar-refractivity contribution in [2.45, 2.75) is 45.8 Å². The van der Waals surface area contributed by atoms with E-state index in [0.717, 1.165) is 11.0 Å². The van der Waals surface area contributed by atoms with Gasteiger partial charge in [-0.15, -0.1) is 0 Å². The van der Waals surface area contributed by atoms with Crippen LogP contribution in [0, 0.1) is 11.3 Å². The highest BCUT2D eigenvalue weighted by Crippen LogP contribution is 2.38. The maximum atomic E-state index is 11.3. The van der Waals surface area contributed by atoms with Gasteiger partial charge in [0.15, 0.2) is 0 Å². The number of nitrogens with zero attached hydrogens (tertiary/aromatic N) is 2.